The predicted octanol–water partition coefficient (Wildman–Crippen LogP) is 1.84. The van der Waals surface area contributed by atoms with Crippen molar-refractivity contribution in [3.05, 3.63) is 51.7 Å². The number of phenolic OH excluding ortho intramolecular Hbond substituents is 1. The first-order chi connectivity index (χ1) is 8.65. The maximum absolute atomic E-state index is 10.9. The van der Waals surface area contributed by atoms with Crippen molar-refractivity contribution in [3.8, 4) is 5.75 Å². The van der Waals surface area contributed by atoms with Crippen LogP contribution < -0.4 is 11.1 Å². The van der Waals surface area contributed by atoms with Gasteiger partial charge in [0, 0.05) is 23.3 Å². The highest BCUT2D eigenvalue weighted by atomic mass is 32.1. The van der Waals surface area contributed by atoms with E-state index >= 15 is 0 Å². The Bertz CT molecular complexity index is 534. The minimum Gasteiger partial charge on any atom is -0.508 e. The van der Waals surface area contributed by atoms with Crippen molar-refractivity contribution in [2.45, 2.75) is 13.1 Å². The van der Waals surface area contributed by atoms with Crippen LogP contribution in [0.3, 0.4) is 0 Å². The summed E-state index contributed by atoms with van der Waals surface area (Å²) in [5.74, 6) is -0.126. The number of aromatic hydroxyl groups is 1. The number of rotatable bonds is 5. The Labute approximate surface area is 109 Å². The van der Waals surface area contributed by atoms with Crippen LogP contribution in [0.15, 0.2) is 35.7 Å². The molecule has 2 rings (SSSR count). The first kappa shape index (κ1) is 12.6. The zero-order valence-electron chi connectivity index (χ0n) is 9.72. The summed E-state index contributed by atoms with van der Waals surface area (Å²) in [5.41, 5.74) is 6.84. The Hall–Kier alpha value is -1.85. The molecule has 4 N–H and O–H groups in total. The molecule has 1 heterocycles. The third kappa shape index (κ3) is 3.32. The van der Waals surface area contributed by atoms with E-state index in [1.54, 1.807) is 23.6 Å². The quantitative estimate of drug-likeness (QED) is 0.769. The van der Waals surface area contributed by atoms with Crippen LogP contribution in [0.5, 0.6) is 5.75 Å². The Kier molecular flexibility index (Phi) is 3.96. The van der Waals surface area contributed by atoms with E-state index in [1.807, 2.05) is 12.1 Å². The molecule has 0 bridgehead atoms. The summed E-state index contributed by atoms with van der Waals surface area (Å²) in [6, 6.07) is 8.86. The van der Waals surface area contributed by atoms with E-state index in [0.717, 1.165) is 10.4 Å². The molecule has 0 radical (unpaired) electrons. The van der Waals surface area contributed by atoms with E-state index in [9.17, 15) is 4.79 Å². The molecule has 1 aromatic carbocycles. The van der Waals surface area contributed by atoms with Gasteiger partial charge in [-0.05, 0) is 23.8 Å². The fraction of sp³-hybridized carbons (Fsp3) is 0.154. The molecule has 0 spiro atoms. The van der Waals surface area contributed by atoms with Crippen molar-refractivity contribution in [1.82, 2.24) is 5.32 Å². The number of amides is 1. The SMILES string of the molecule is NC(=O)c1csc(CNCc2ccc(O)cc2)c1. The summed E-state index contributed by atoms with van der Waals surface area (Å²) >= 11 is 1.51. The lowest BCUT2D eigenvalue weighted by atomic mass is 10.2. The number of carbonyl (C=O) groups is 1. The third-order valence-corrected chi connectivity index (χ3v) is 3.44. The van der Waals surface area contributed by atoms with Crippen LogP contribution >= 0.6 is 11.3 Å². The number of nitrogens with two attached hydrogens (primary N) is 1. The van der Waals surface area contributed by atoms with E-state index in [-0.39, 0.29) is 5.75 Å². The van der Waals surface area contributed by atoms with Gasteiger partial charge in [0.2, 0.25) is 5.91 Å². The lowest BCUT2D eigenvalue weighted by Crippen LogP contribution is -2.12. The average molecular weight is 262 g/mol. The molecule has 0 fully saturated rings. The molecule has 4 nitrogen and oxygen atoms in total. The number of thiophene rings is 1. The van der Waals surface area contributed by atoms with E-state index < -0.39 is 5.91 Å². The maximum atomic E-state index is 10.9. The average Bonchev–Trinajstić information content (AvgIpc) is 2.81. The molecule has 0 aliphatic rings. The van der Waals surface area contributed by atoms with E-state index in [2.05, 4.69) is 5.32 Å². The number of benzene rings is 1. The largest absolute Gasteiger partial charge is 0.508 e. The fourth-order valence-corrected chi connectivity index (χ4v) is 2.39. The van der Waals surface area contributed by atoms with Gasteiger partial charge in [0.25, 0.3) is 0 Å². The van der Waals surface area contributed by atoms with Crippen LogP contribution in [0.4, 0.5) is 0 Å². The van der Waals surface area contributed by atoms with Crippen LogP contribution in [-0.2, 0) is 13.1 Å². The van der Waals surface area contributed by atoms with Gasteiger partial charge in [-0.15, -0.1) is 11.3 Å². The van der Waals surface area contributed by atoms with Crippen molar-refractivity contribution in [3.63, 3.8) is 0 Å². The molecule has 94 valence electrons. The molecule has 1 aromatic heterocycles. The first-order valence-electron chi connectivity index (χ1n) is 5.51. The van der Waals surface area contributed by atoms with Crippen molar-refractivity contribution in [2.75, 3.05) is 0 Å². The molecule has 5 heteroatoms. The summed E-state index contributed by atoms with van der Waals surface area (Å²) in [7, 11) is 0. The zero-order chi connectivity index (χ0) is 13.0. The van der Waals surface area contributed by atoms with Gasteiger partial charge in [0.15, 0.2) is 0 Å². The topological polar surface area (TPSA) is 75.4 Å². The molecule has 0 saturated heterocycles. The Morgan fingerprint density at radius 3 is 2.61 bits per heavy atom. The van der Waals surface area contributed by atoms with Gasteiger partial charge >= 0.3 is 0 Å². The molecular formula is C13H14N2O2S. The number of carbonyl (C=O) groups excluding carboxylic acids is 1. The molecule has 2 aromatic rings. The van der Waals surface area contributed by atoms with Crippen LogP contribution in [0.25, 0.3) is 0 Å². The lowest BCUT2D eigenvalue weighted by molar-refractivity contribution is 0.100. The minimum atomic E-state index is -0.393. The monoisotopic (exact) mass is 262 g/mol. The highest BCUT2D eigenvalue weighted by molar-refractivity contribution is 7.10. The number of hydrogen-bond acceptors (Lipinski definition) is 4. The van der Waals surface area contributed by atoms with Crippen LogP contribution in [-0.4, -0.2) is 11.0 Å². The predicted molar refractivity (Wildman–Crippen MR) is 71.5 cm³/mol. The second kappa shape index (κ2) is 5.66. The molecule has 0 atom stereocenters. The van der Waals surface area contributed by atoms with Gasteiger partial charge in [-0.3, -0.25) is 4.79 Å². The standard InChI is InChI=1S/C13H14N2O2S/c14-13(17)10-5-12(18-8-10)7-15-6-9-1-3-11(16)4-2-9/h1-5,8,15-16H,6-7H2,(H2,14,17). The van der Waals surface area contributed by atoms with Crippen LogP contribution in [0.1, 0.15) is 20.8 Å². The molecule has 18 heavy (non-hydrogen) atoms. The summed E-state index contributed by atoms with van der Waals surface area (Å²) in [5, 5.41) is 14.2. The van der Waals surface area contributed by atoms with Crippen molar-refractivity contribution in [1.29, 1.82) is 0 Å². The Morgan fingerprint density at radius 1 is 1.28 bits per heavy atom. The molecular weight excluding hydrogens is 248 g/mol. The fourth-order valence-electron chi connectivity index (χ4n) is 1.55. The van der Waals surface area contributed by atoms with Crippen LogP contribution in [0, 0.1) is 0 Å². The van der Waals surface area contributed by atoms with Crippen molar-refractivity contribution < 1.29 is 9.90 Å². The molecule has 0 aliphatic carbocycles. The zero-order valence-corrected chi connectivity index (χ0v) is 10.5. The van der Waals surface area contributed by atoms with Gasteiger partial charge in [-0.2, -0.15) is 0 Å². The normalized spacial score (nSPS) is 10.4. The summed E-state index contributed by atoms with van der Waals surface area (Å²) < 4.78 is 0. The number of nitrogens with one attached hydrogen (secondary N) is 1. The Balaban J connectivity index is 1.84. The maximum Gasteiger partial charge on any atom is 0.249 e. The minimum absolute atomic E-state index is 0.267. The summed E-state index contributed by atoms with van der Waals surface area (Å²) in [4.78, 5) is 12.0. The highest BCUT2D eigenvalue weighted by Gasteiger charge is 2.04. The Morgan fingerprint density at radius 2 is 2.00 bits per heavy atom. The molecule has 1 amide bonds. The number of phenols is 1. The second-order valence-corrected chi connectivity index (χ2v) is 4.93. The van der Waals surface area contributed by atoms with Gasteiger partial charge in [0.1, 0.15) is 5.75 Å². The van der Waals surface area contributed by atoms with Crippen molar-refractivity contribution in [2.24, 2.45) is 5.73 Å². The molecule has 0 saturated carbocycles. The van der Waals surface area contributed by atoms with Gasteiger partial charge in [0.05, 0.1) is 5.56 Å². The third-order valence-electron chi connectivity index (χ3n) is 2.50. The second-order valence-electron chi connectivity index (χ2n) is 3.94. The molecule has 0 aliphatic heterocycles. The number of hydrogen-bond donors (Lipinski definition) is 3. The summed E-state index contributed by atoms with van der Waals surface area (Å²) in [6.07, 6.45) is 0. The molecule has 0 unspecified atom stereocenters. The number of primary amides is 1. The van der Waals surface area contributed by atoms with E-state index in [0.29, 0.717) is 18.7 Å². The van der Waals surface area contributed by atoms with Crippen LogP contribution in [0.2, 0.25) is 0 Å². The van der Waals surface area contributed by atoms with Crippen molar-refractivity contribution >= 4 is 17.2 Å². The van der Waals surface area contributed by atoms with E-state index in [4.69, 9.17) is 10.8 Å². The van der Waals surface area contributed by atoms with E-state index in [1.165, 1.54) is 11.3 Å². The first-order valence-corrected chi connectivity index (χ1v) is 6.39. The van der Waals surface area contributed by atoms with Gasteiger partial charge in [-0.25, -0.2) is 0 Å². The highest BCUT2D eigenvalue weighted by Crippen LogP contribution is 2.14. The summed E-state index contributed by atoms with van der Waals surface area (Å²) in [6.45, 7) is 1.41. The van der Waals surface area contributed by atoms with Gasteiger partial charge in [-0.1, -0.05) is 12.1 Å². The van der Waals surface area contributed by atoms with Gasteiger partial charge < -0.3 is 16.2 Å². The smallest absolute Gasteiger partial charge is 0.249 e. The lowest BCUT2D eigenvalue weighted by Gasteiger charge is -2.03.